The van der Waals surface area contributed by atoms with Crippen molar-refractivity contribution < 1.29 is 18.3 Å². The molecule has 0 aromatic rings. The Morgan fingerprint density at radius 1 is 1.47 bits per heavy atom. The number of hydrogen-bond acceptors (Lipinski definition) is 3. The lowest BCUT2D eigenvalue weighted by atomic mass is 10.0. The number of ether oxygens (including phenoxy) is 1. The monoisotopic (exact) mass is 250 g/mol. The molecule has 2 atom stereocenters. The number of carbonyl (C=O) groups is 1. The number of nitrogens with one attached hydrogen (secondary N) is 1. The molecule has 0 spiro atoms. The van der Waals surface area contributed by atoms with Crippen molar-refractivity contribution in [1.29, 1.82) is 0 Å². The minimum atomic E-state index is -2.48. The topological polar surface area (TPSA) is 64.3 Å². The van der Waals surface area contributed by atoms with Crippen LogP contribution in [0.2, 0.25) is 0 Å². The van der Waals surface area contributed by atoms with Gasteiger partial charge in [-0.15, -0.1) is 0 Å². The quantitative estimate of drug-likeness (QED) is 0.660. The first-order valence-corrected chi connectivity index (χ1v) is 5.98. The number of nitrogens with two attached hydrogens (primary N) is 1. The van der Waals surface area contributed by atoms with Crippen LogP contribution >= 0.6 is 0 Å². The van der Waals surface area contributed by atoms with Gasteiger partial charge in [0.2, 0.25) is 5.91 Å². The SMILES string of the molecule is NCC1CCCC1NC(=O)CCOCC(F)F. The Kier molecular flexibility index (Phi) is 6.36. The lowest BCUT2D eigenvalue weighted by Crippen LogP contribution is -2.40. The molecule has 0 saturated heterocycles. The minimum Gasteiger partial charge on any atom is -0.375 e. The molecule has 1 saturated carbocycles. The first-order chi connectivity index (χ1) is 8.13. The lowest BCUT2D eigenvalue weighted by Gasteiger charge is -2.19. The standard InChI is InChI=1S/C11H20F2N2O2/c12-10(13)7-17-5-4-11(16)15-9-3-1-2-8(9)6-14/h8-10H,1-7,14H2,(H,15,16). The highest BCUT2D eigenvalue weighted by molar-refractivity contribution is 5.76. The molecule has 17 heavy (non-hydrogen) atoms. The van der Waals surface area contributed by atoms with Crippen LogP contribution in [0.1, 0.15) is 25.7 Å². The summed E-state index contributed by atoms with van der Waals surface area (Å²) < 4.78 is 28.1. The van der Waals surface area contributed by atoms with Crippen molar-refractivity contribution in [1.82, 2.24) is 5.32 Å². The molecule has 1 aliphatic rings. The van der Waals surface area contributed by atoms with Gasteiger partial charge in [-0.25, -0.2) is 8.78 Å². The largest absolute Gasteiger partial charge is 0.375 e. The van der Waals surface area contributed by atoms with Crippen molar-refractivity contribution in [3.8, 4) is 0 Å². The van der Waals surface area contributed by atoms with E-state index in [4.69, 9.17) is 5.73 Å². The van der Waals surface area contributed by atoms with Gasteiger partial charge in [0.25, 0.3) is 6.43 Å². The molecule has 1 fully saturated rings. The van der Waals surface area contributed by atoms with Crippen molar-refractivity contribution in [3.63, 3.8) is 0 Å². The van der Waals surface area contributed by atoms with E-state index in [0.717, 1.165) is 19.3 Å². The Balaban J connectivity index is 2.12. The fourth-order valence-electron chi connectivity index (χ4n) is 2.13. The summed E-state index contributed by atoms with van der Waals surface area (Å²) in [5.41, 5.74) is 5.60. The molecular weight excluding hydrogens is 230 g/mol. The number of carbonyl (C=O) groups excluding carboxylic acids is 1. The normalized spacial score (nSPS) is 24.2. The molecule has 100 valence electrons. The molecule has 0 heterocycles. The summed E-state index contributed by atoms with van der Waals surface area (Å²) in [5.74, 6) is 0.200. The summed E-state index contributed by atoms with van der Waals surface area (Å²) in [4.78, 5) is 11.5. The van der Waals surface area contributed by atoms with Gasteiger partial charge < -0.3 is 15.8 Å². The molecule has 3 N–H and O–H groups in total. The number of halogens is 2. The second-order valence-corrected chi connectivity index (χ2v) is 4.32. The predicted octanol–water partition coefficient (Wildman–Crippen LogP) is 0.902. The van der Waals surface area contributed by atoms with Gasteiger partial charge in [-0.3, -0.25) is 4.79 Å². The molecule has 2 unspecified atom stereocenters. The highest BCUT2D eigenvalue weighted by Crippen LogP contribution is 2.24. The summed E-state index contributed by atoms with van der Waals surface area (Å²) >= 11 is 0. The summed E-state index contributed by atoms with van der Waals surface area (Å²) in [7, 11) is 0. The zero-order valence-electron chi connectivity index (χ0n) is 9.83. The Bertz CT molecular complexity index is 240. The van der Waals surface area contributed by atoms with Crippen molar-refractivity contribution in [2.45, 2.75) is 38.2 Å². The van der Waals surface area contributed by atoms with E-state index in [2.05, 4.69) is 10.1 Å². The molecule has 1 amide bonds. The second-order valence-electron chi connectivity index (χ2n) is 4.32. The van der Waals surface area contributed by atoms with Crippen LogP contribution in [-0.4, -0.2) is 38.1 Å². The van der Waals surface area contributed by atoms with E-state index >= 15 is 0 Å². The van der Waals surface area contributed by atoms with Crippen molar-refractivity contribution in [2.24, 2.45) is 11.7 Å². The molecule has 1 rings (SSSR count). The maximum atomic E-state index is 11.7. The van der Waals surface area contributed by atoms with E-state index in [9.17, 15) is 13.6 Å². The van der Waals surface area contributed by atoms with E-state index in [0.29, 0.717) is 12.5 Å². The van der Waals surface area contributed by atoms with Gasteiger partial charge in [0.1, 0.15) is 6.61 Å². The first-order valence-electron chi connectivity index (χ1n) is 5.98. The van der Waals surface area contributed by atoms with Crippen LogP contribution in [-0.2, 0) is 9.53 Å². The Labute approximate surface area is 99.9 Å². The zero-order chi connectivity index (χ0) is 12.7. The lowest BCUT2D eigenvalue weighted by molar-refractivity contribution is -0.123. The van der Waals surface area contributed by atoms with E-state index in [-0.39, 0.29) is 25.0 Å². The Morgan fingerprint density at radius 2 is 2.24 bits per heavy atom. The van der Waals surface area contributed by atoms with E-state index in [1.54, 1.807) is 0 Å². The molecule has 0 aliphatic heterocycles. The smallest absolute Gasteiger partial charge is 0.261 e. The van der Waals surface area contributed by atoms with Gasteiger partial charge in [0.15, 0.2) is 0 Å². The van der Waals surface area contributed by atoms with Crippen LogP contribution in [0.25, 0.3) is 0 Å². The van der Waals surface area contributed by atoms with Gasteiger partial charge in [-0.2, -0.15) is 0 Å². The summed E-state index contributed by atoms with van der Waals surface area (Å²) in [6.45, 7) is 0.00511. The highest BCUT2D eigenvalue weighted by Gasteiger charge is 2.26. The molecule has 0 radical (unpaired) electrons. The molecule has 4 nitrogen and oxygen atoms in total. The molecular formula is C11H20F2N2O2. The van der Waals surface area contributed by atoms with Crippen molar-refractivity contribution >= 4 is 5.91 Å². The minimum absolute atomic E-state index is 0.0379. The van der Waals surface area contributed by atoms with Crippen LogP contribution in [0.5, 0.6) is 0 Å². The third-order valence-corrected chi connectivity index (χ3v) is 3.03. The van der Waals surface area contributed by atoms with Crippen molar-refractivity contribution in [3.05, 3.63) is 0 Å². The fraction of sp³-hybridized carbons (Fsp3) is 0.909. The number of hydrogen-bond donors (Lipinski definition) is 2. The van der Waals surface area contributed by atoms with Gasteiger partial charge in [0, 0.05) is 12.5 Å². The maximum absolute atomic E-state index is 11.7. The molecule has 6 heteroatoms. The van der Waals surface area contributed by atoms with Crippen LogP contribution in [0.3, 0.4) is 0 Å². The maximum Gasteiger partial charge on any atom is 0.261 e. The summed E-state index contributed by atoms with van der Waals surface area (Å²) in [5, 5.41) is 2.88. The zero-order valence-corrected chi connectivity index (χ0v) is 9.83. The average molecular weight is 250 g/mol. The molecule has 0 bridgehead atoms. The van der Waals surface area contributed by atoms with Gasteiger partial charge in [-0.1, -0.05) is 6.42 Å². The van der Waals surface area contributed by atoms with Crippen LogP contribution in [0.15, 0.2) is 0 Å². The fourth-order valence-corrected chi connectivity index (χ4v) is 2.13. The highest BCUT2D eigenvalue weighted by atomic mass is 19.3. The summed E-state index contributed by atoms with van der Waals surface area (Å²) in [6, 6.07) is 0.141. The van der Waals surface area contributed by atoms with Gasteiger partial charge >= 0.3 is 0 Å². The third-order valence-electron chi connectivity index (χ3n) is 3.03. The van der Waals surface area contributed by atoms with Crippen LogP contribution in [0, 0.1) is 5.92 Å². The van der Waals surface area contributed by atoms with E-state index in [1.807, 2.05) is 0 Å². The van der Waals surface area contributed by atoms with E-state index in [1.165, 1.54) is 0 Å². The molecule has 1 aliphatic carbocycles. The van der Waals surface area contributed by atoms with Crippen LogP contribution in [0.4, 0.5) is 8.78 Å². The third kappa shape index (κ3) is 5.41. The average Bonchev–Trinajstić information content (AvgIpc) is 2.71. The van der Waals surface area contributed by atoms with Crippen LogP contribution < -0.4 is 11.1 Å². The predicted molar refractivity (Wildman–Crippen MR) is 59.8 cm³/mol. The second kappa shape index (κ2) is 7.55. The Hall–Kier alpha value is -0.750. The van der Waals surface area contributed by atoms with E-state index < -0.39 is 13.0 Å². The molecule has 0 aromatic carbocycles. The van der Waals surface area contributed by atoms with Gasteiger partial charge in [0.05, 0.1) is 6.61 Å². The van der Waals surface area contributed by atoms with Crippen molar-refractivity contribution in [2.75, 3.05) is 19.8 Å². The number of alkyl halides is 2. The summed E-state index contributed by atoms with van der Waals surface area (Å²) in [6.07, 6.45) is 0.721. The number of rotatable bonds is 7. The Morgan fingerprint density at radius 3 is 2.88 bits per heavy atom. The first kappa shape index (κ1) is 14.3. The number of amides is 1. The molecule has 0 aromatic heterocycles. The van der Waals surface area contributed by atoms with Gasteiger partial charge in [-0.05, 0) is 25.3 Å².